The Balaban J connectivity index is 1.65. The second-order valence-corrected chi connectivity index (χ2v) is 5.96. The van der Waals surface area contributed by atoms with Gasteiger partial charge in [-0.1, -0.05) is 12.1 Å². The van der Waals surface area contributed by atoms with Crippen molar-refractivity contribution in [3.8, 4) is 0 Å². The van der Waals surface area contributed by atoms with E-state index in [4.69, 9.17) is 0 Å². The second-order valence-electron chi connectivity index (χ2n) is 4.72. The molecule has 2 N–H and O–H groups in total. The molecule has 0 saturated heterocycles. The first-order valence-electron chi connectivity index (χ1n) is 6.48. The number of amides is 2. The van der Waals surface area contributed by atoms with E-state index in [9.17, 15) is 9.59 Å². The Labute approximate surface area is 125 Å². The first-order chi connectivity index (χ1) is 10.1. The Morgan fingerprint density at radius 3 is 3.00 bits per heavy atom. The van der Waals surface area contributed by atoms with Gasteiger partial charge >= 0.3 is 0 Å². The van der Waals surface area contributed by atoms with E-state index in [1.807, 2.05) is 24.3 Å². The minimum atomic E-state index is -0.427. The summed E-state index contributed by atoms with van der Waals surface area (Å²) in [7, 11) is 1.77. The summed E-state index contributed by atoms with van der Waals surface area (Å²) in [5.74, 6) is 0.125. The zero-order valence-electron chi connectivity index (χ0n) is 11.4. The largest absolute Gasteiger partial charge is 0.324 e. The maximum atomic E-state index is 12.0. The van der Waals surface area contributed by atoms with Crippen molar-refractivity contribution in [3.63, 3.8) is 0 Å². The van der Waals surface area contributed by atoms with E-state index in [0.29, 0.717) is 5.82 Å². The van der Waals surface area contributed by atoms with Crippen LogP contribution in [0.5, 0.6) is 0 Å². The first-order valence-corrected chi connectivity index (χ1v) is 7.36. The minimum Gasteiger partial charge on any atom is -0.324 e. The lowest BCUT2D eigenvalue weighted by molar-refractivity contribution is -0.120. The van der Waals surface area contributed by atoms with Crippen LogP contribution in [0.3, 0.4) is 0 Å². The van der Waals surface area contributed by atoms with Gasteiger partial charge in [-0.25, -0.2) is 0 Å². The summed E-state index contributed by atoms with van der Waals surface area (Å²) in [6, 6.07) is 9.27. The molecule has 2 heterocycles. The van der Waals surface area contributed by atoms with Crippen molar-refractivity contribution in [2.75, 3.05) is 10.6 Å². The summed E-state index contributed by atoms with van der Waals surface area (Å²) in [6.07, 6.45) is 1.86. The van der Waals surface area contributed by atoms with Crippen LogP contribution in [0.2, 0.25) is 0 Å². The van der Waals surface area contributed by atoms with Crippen LogP contribution in [-0.4, -0.2) is 26.8 Å². The molecule has 6 nitrogen and oxygen atoms in total. The SMILES string of the molecule is Cn1ccc(NC(=O)CC2Sc3ccccc3NC2=O)n1. The normalized spacial score (nSPS) is 17.0. The highest BCUT2D eigenvalue weighted by molar-refractivity contribution is 8.01. The molecule has 3 rings (SSSR count). The van der Waals surface area contributed by atoms with Crippen LogP contribution in [0.4, 0.5) is 11.5 Å². The van der Waals surface area contributed by atoms with Gasteiger partial charge in [0, 0.05) is 30.6 Å². The molecule has 0 saturated carbocycles. The van der Waals surface area contributed by atoms with E-state index in [2.05, 4.69) is 15.7 Å². The number of anilines is 2. The van der Waals surface area contributed by atoms with Crippen LogP contribution in [0.15, 0.2) is 41.4 Å². The molecule has 0 aliphatic carbocycles. The van der Waals surface area contributed by atoms with Gasteiger partial charge in [0.25, 0.3) is 0 Å². The lowest BCUT2D eigenvalue weighted by Gasteiger charge is -2.23. The molecular formula is C14H14N4O2S. The number of benzene rings is 1. The van der Waals surface area contributed by atoms with E-state index in [0.717, 1.165) is 10.6 Å². The monoisotopic (exact) mass is 302 g/mol. The van der Waals surface area contributed by atoms with Crippen molar-refractivity contribution < 1.29 is 9.59 Å². The quantitative estimate of drug-likeness (QED) is 0.907. The fourth-order valence-corrected chi connectivity index (χ4v) is 3.18. The molecule has 2 aromatic rings. The predicted molar refractivity (Wildman–Crippen MR) is 81.2 cm³/mol. The van der Waals surface area contributed by atoms with Gasteiger partial charge < -0.3 is 10.6 Å². The molecule has 0 spiro atoms. The smallest absolute Gasteiger partial charge is 0.238 e. The topological polar surface area (TPSA) is 76.0 Å². The molecule has 1 unspecified atom stereocenters. The van der Waals surface area contributed by atoms with Crippen molar-refractivity contribution in [1.29, 1.82) is 0 Å². The number of fused-ring (bicyclic) bond motifs is 1. The van der Waals surface area contributed by atoms with Crippen LogP contribution < -0.4 is 10.6 Å². The maximum absolute atomic E-state index is 12.0. The number of nitrogens with zero attached hydrogens (tertiary/aromatic N) is 2. The molecule has 1 atom stereocenters. The highest BCUT2D eigenvalue weighted by Gasteiger charge is 2.28. The van der Waals surface area contributed by atoms with Crippen LogP contribution in [-0.2, 0) is 16.6 Å². The van der Waals surface area contributed by atoms with E-state index in [1.165, 1.54) is 11.8 Å². The minimum absolute atomic E-state index is 0.113. The van der Waals surface area contributed by atoms with Gasteiger partial charge in [0.1, 0.15) is 0 Å². The lowest BCUT2D eigenvalue weighted by Crippen LogP contribution is -2.32. The van der Waals surface area contributed by atoms with Gasteiger partial charge in [0.15, 0.2) is 5.82 Å². The molecule has 1 aliphatic rings. The summed E-state index contributed by atoms with van der Waals surface area (Å²) >= 11 is 1.41. The van der Waals surface area contributed by atoms with E-state index in [-0.39, 0.29) is 18.2 Å². The van der Waals surface area contributed by atoms with E-state index >= 15 is 0 Å². The molecule has 0 fully saturated rings. The highest BCUT2D eigenvalue weighted by Crippen LogP contribution is 2.36. The number of carbonyl (C=O) groups excluding carboxylic acids is 2. The lowest BCUT2D eigenvalue weighted by atomic mass is 10.2. The third kappa shape index (κ3) is 3.08. The molecule has 0 radical (unpaired) electrons. The third-order valence-corrected chi connectivity index (χ3v) is 4.33. The fraction of sp³-hybridized carbons (Fsp3) is 0.214. The van der Waals surface area contributed by atoms with Crippen molar-refractivity contribution in [2.24, 2.45) is 7.05 Å². The number of nitrogens with one attached hydrogen (secondary N) is 2. The van der Waals surface area contributed by atoms with Gasteiger partial charge in [0.05, 0.1) is 10.9 Å². The van der Waals surface area contributed by atoms with Crippen molar-refractivity contribution in [2.45, 2.75) is 16.6 Å². The number of carbonyl (C=O) groups is 2. The number of aryl methyl sites for hydroxylation is 1. The summed E-state index contributed by atoms with van der Waals surface area (Å²) in [5.41, 5.74) is 0.800. The Kier molecular flexibility index (Phi) is 3.66. The van der Waals surface area contributed by atoms with Gasteiger partial charge in [0.2, 0.25) is 11.8 Å². The van der Waals surface area contributed by atoms with Crippen LogP contribution >= 0.6 is 11.8 Å². The highest BCUT2D eigenvalue weighted by atomic mass is 32.2. The molecule has 7 heteroatoms. The number of hydrogen-bond acceptors (Lipinski definition) is 4. The maximum Gasteiger partial charge on any atom is 0.238 e. The average Bonchev–Trinajstić information content (AvgIpc) is 2.85. The molecule has 1 aromatic carbocycles. The summed E-state index contributed by atoms with van der Waals surface area (Å²) in [6.45, 7) is 0. The van der Waals surface area contributed by atoms with Gasteiger partial charge in [-0.2, -0.15) is 5.10 Å². The first kappa shape index (κ1) is 13.7. The summed E-state index contributed by atoms with van der Waals surface area (Å²) in [4.78, 5) is 25.0. The summed E-state index contributed by atoms with van der Waals surface area (Å²) < 4.78 is 1.61. The van der Waals surface area contributed by atoms with Gasteiger partial charge in [-0.15, -0.1) is 11.8 Å². The van der Waals surface area contributed by atoms with Gasteiger partial charge in [-0.3, -0.25) is 14.3 Å². The van der Waals surface area contributed by atoms with Crippen LogP contribution in [0, 0.1) is 0 Å². The van der Waals surface area contributed by atoms with Crippen molar-refractivity contribution in [1.82, 2.24) is 9.78 Å². The van der Waals surface area contributed by atoms with Gasteiger partial charge in [-0.05, 0) is 12.1 Å². The number of thioether (sulfide) groups is 1. The molecule has 108 valence electrons. The fourth-order valence-electron chi connectivity index (χ4n) is 2.07. The zero-order chi connectivity index (χ0) is 14.8. The van der Waals surface area contributed by atoms with Crippen LogP contribution in [0.1, 0.15) is 6.42 Å². The molecule has 21 heavy (non-hydrogen) atoms. The van der Waals surface area contributed by atoms with E-state index in [1.54, 1.807) is 24.0 Å². The van der Waals surface area contributed by atoms with Crippen molar-refractivity contribution in [3.05, 3.63) is 36.5 Å². The number of para-hydroxylation sites is 1. The van der Waals surface area contributed by atoms with Crippen molar-refractivity contribution >= 4 is 35.1 Å². The Morgan fingerprint density at radius 2 is 2.24 bits per heavy atom. The van der Waals surface area contributed by atoms with Crippen LogP contribution in [0.25, 0.3) is 0 Å². The molecule has 0 bridgehead atoms. The molecule has 2 amide bonds. The Bertz CT molecular complexity index is 698. The number of rotatable bonds is 3. The molecule has 1 aliphatic heterocycles. The number of aromatic nitrogens is 2. The third-order valence-electron chi connectivity index (χ3n) is 3.06. The van der Waals surface area contributed by atoms with E-state index < -0.39 is 5.25 Å². The molecule has 1 aromatic heterocycles. The summed E-state index contributed by atoms with van der Waals surface area (Å²) in [5, 5.41) is 9.16. The predicted octanol–water partition coefficient (Wildman–Crippen LogP) is 1.86. The average molecular weight is 302 g/mol. The molecular weight excluding hydrogens is 288 g/mol. The number of hydrogen-bond donors (Lipinski definition) is 2. The zero-order valence-corrected chi connectivity index (χ0v) is 12.2. The Morgan fingerprint density at radius 1 is 1.43 bits per heavy atom. The Hall–Kier alpha value is -2.28. The standard InChI is InChI=1S/C14H14N4O2S/c1-18-7-6-12(17-18)16-13(19)8-11-14(20)15-9-4-2-3-5-10(9)21-11/h2-7,11H,8H2,1H3,(H,15,20)(H,16,17,19). The second kappa shape index (κ2) is 5.61.